The van der Waals surface area contributed by atoms with E-state index in [0.717, 1.165) is 24.1 Å². The first-order chi connectivity index (χ1) is 8.13. The predicted octanol–water partition coefficient (Wildman–Crippen LogP) is -0.972. The summed E-state index contributed by atoms with van der Waals surface area (Å²) in [5.74, 6) is 0.386. The molecule has 0 radical (unpaired) electrons. The second-order valence-corrected chi connectivity index (χ2v) is 4.31. The highest BCUT2D eigenvalue weighted by Gasteiger charge is 2.17. The van der Waals surface area contributed by atoms with Crippen LogP contribution < -0.4 is 16.6 Å². The first-order valence-corrected chi connectivity index (χ1v) is 5.54. The normalized spacial score (nSPS) is 19.2. The summed E-state index contributed by atoms with van der Waals surface area (Å²) in [6.45, 7) is 2.38. The van der Waals surface area contributed by atoms with Crippen LogP contribution in [0, 0.1) is 17.2 Å². The van der Waals surface area contributed by atoms with Crippen molar-refractivity contribution >= 4 is 0 Å². The smallest absolute Gasteiger partial charge is 0.316 e. The molecule has 1 fully saturated rings. The van der Waals surface area contributed by atoms with Gasteiger partial charge in [0.1, 0.15) is 11.6 Å². The molecule has 0 saturated carbocycles. The molecule has 1 N–H and O–H groups in total. The molecule has 17 heavy (non-hydrogen) atoms. The number of nitriles is 1. The number of rotatable bonds is 2. The lowest BCUT2D eigenvalue weighted by molar-refractivity contribution is 0.454. The maximum absolute atomic E-state index is 11.8. The Morgan fingerprint density at radius 1 is 1.59 bits per heavy atom. The topological polar surface area (TPSA) is 79.8 Å². The van der Waals surface area contributed by atoms with Crippen molar-refractivity contribution in [3.63, 3.8) is 0 Å². The van der Waals surface area contributed by atoms with Crippen LogP contribution in [0.3, 0.4) is 0 Å². The van der Waals surface area contributed by atoms with E-state index >= 15 is 0 Å². The molecule has 90 valence electrons. The van der Waals surface area contributed by atoms with E-state index in [1.807, 2.05) is 6.07 Å². The van der Waals surface area contributed by atoms with E-state index in [2.05, 4.69) is 5.32 Å². The molecule has 1 aliphatic rings. The minimum absolute atomic E-state index is 0.0121. The van der Waals surface area contributed by atoms with Gasteiger partial charge in [-0.2, -0.15) is 5.26 Å². The van der Waals surface area contributed by atoms with Gasteiger partial charge in [-0.05, 0) is 25.4 Å². The van der Waals surface area contributed by atoms with Gasteiger partial charge in [-0.3, -0.25) is 13.9 Å². The van der Waals surface area contributed by atoms with Crippen LogP contribution in [0.25, 0.3) is 0 Å². The molecule has 2 heterocycles. The zero-order valence-corrected chi connectivity index (χ0v) is 9.64. The summed E-state index contributed by atoms with van der Waals surface area (Å²) in [6, 6.07) is 1.82. The van der Waals surface area contributed by atoms with Crippen molar-refractivity contribution in [2.45, 2.75) is 13.0 Å². The van der Waals surface area contributed by atoms with Crippen molar-refractivity contribution in [3.8, 4) is 6.07 Å². The average molecular weight is 234 g/mol. The third-order valence-corrected chi connectivity index (χ3v) is 3.09. The Bertz CT molecular complexity index is 573. The van der Waals surface area contributed by atoms with E-state index < -0.39 is 5.56 Å². The lowest BCUT2D eigenvalue weighted by Gasteiger charge is -2.12. The second kappa shape index (κ2) is 4.55. The first-order valence-electron chi connectivity index (χ1n) is 5.54. The Morgan fingerprint density at radius 2 is 2.35 bits per heavy atom. The van der Waals surface area contributed by atoms with Crippen molar-refractivity contribution in [2.24, 2.45) is 13.0 Å². The molecular weight excluding hydrogens is 220 g/mol. The molecule has 1 saturated heterocycles. The first kappa shape index (κ1) is 11.6. The minimum Gasteiger partial charge on any atom is -0.316 e. The molecule has 0 bridgehead atoms. The standard InChI is InChI=1S/C11H14N4O2/c1-14-10(16)9(4-12)7-15(11(14)17)6-8-2-3-13-5-8/h7-8,13H,2-3,5-6H2,1H3/t8-/m1/s1. The van der Waals surface area contributed by atoms with Gasteiger partial charge in [0, 0.05) is 19.8 Å². The summed E-state index contributed by atoms with van der Waals surface area (Å²) in [5, 5.41) is 12.0. The Hall–Kier alpha value is -1.87. The van der Waals surface area contributed by atoms with Gasteiger partial charge < -0.3 is 5.32 Å². The Morgan fingerprint density at radius 3 is 2.94 bits per heavy atom. The molecule has 1 atom stereocenters. The highest BCUT2D eigenvalue weighted by Crippen LogP contribution is 2.08. The number of nitrogens with zero attached hydrogens (tertiary/aromatic N) is 3. The summed E-state index contributed by atoms with van der Waals surface area (Å²) >= 11 is 0. The maximum Gasteiger partial charge on any atom is 0.330 e. The molecule has 2 rings (SSSR count). The quantitative estimate of drug-likeness (QED) is 0.714. The van der Waals surface area contributed by atoms with E-state index in [4.69, 9.17) is 5.26 Å². The fourth-order valence-corrected chi connectivity index (χ4v) is 2.08. The summed E-state index contributed by atoms with van der Waals surface area (Å²) in [6.07, 6.45) is 2.38. The fourth-order valence-electron chi connectivity index (χ4n) is 2.08. The van der Waals surface area contributed by atoms with Gasteiger partial charge in [0.25, 0.3) is 5.56 Å². The van der Waals surface area contributed by atoms with Gasteiger partial charge in [0.15, 0.2) is 0 Å². The van der Waals surface area contributed by atoms with Crippen molar-refractivity contribution in [1.29, 1.82) is 5.26 Å². The molecule has 0 aliphatic carbocycles. The van der Waals surface area contributed by atoms with E-state index in [1.165, 1.54) is 17.8 Å². The van der Waals surface area contributed by atoms with E-state index in [9.17, 15) is 9.59 Å². The van der Waals surface area contributed by atoms with Gasteiger partial charge in [-0.15, -0.1) is 0 Å². The average Bonchev–Trinajstić information content (AvgIpc) is 2.83. The summed E-state index contributed by atoms with van der Waals surface area (Å²) in [7, 11) is 1.40. The van der Waals surface area contributed by atoms with Crippen molar-refractivity contribution in [1.82, 2.24) is 14.5 Å². The van der Waals surface area contributed by atoms with Crippen LogP contribution in [0.2, 0.25) is 0 Å². The van der Waals surface area contributed by atoms with E-state index in [1.54, 1.807) is 0 Å². The minimum atomic E-state index is -0.529. The summed E-state index contributed by atoms with van der Waals surface area (Å²) in [5.41, 5.74) is -0.878. The van der Waals surface area contributed by atoms with Crippen molar-refractivity contribution < 1.29 is 0 Å². The van der Waals surface area contributed by atoms with Gasteiger partial charge in [0.2, 0.25) is 0 Å². The highest BCUT2D eigenvalue weighted by molar-refractivity contribution is 5.22. The van der Waals surface area contributed by atoms with Gasteiger partial charge in [-0.25, -0.2) is 4.79 Å². The van der Waals surface area contributed by atoms with Gasteiger partial charge in [0.05, 0.1) is 0 Å². The SMILES string of the molecule is Cn1c(=O)c(C#N)cn(C[C@@H]2CCNC2)c1=O. The van der Waals surface area contributed by atoms with Crippen molar-refractivity contribution in [3.05, 3.63) is 32.6 Å². The van der Waals surface area contributed by atoms with E-state index in [0.29, 0.717) is 12.5 Å². The number of hydrogen-bond donors (Lipinski definition) is 1. The van der Waals surface area contributed by atoms with Crippen LogP contribution in [0.15, 0.2) is 15.8 Å². The predicted molar refractivity (Wildman–Crippen MR) is 61.6 cm³/mol. The zero-order chi connectivity index (χ0) is 12.4. The third-order valence-electron chi connectivity index (χ3n) is 3.09. The molecule has 1 aromatic heterocycles. The zero-order valence-electron chi connectivity index (χ0n) is 9.64. The molecule has 1 aliphatic heterocycles. The molecule has 0 unspecified atom stereocenters. The molecule has 1 aromatic rings. The summed E-state index contributed by atoms with van der Waals surface area (Å²) in [4.78, 5) is 23.4. The van der Waals surface area contributed by atoms with E-state index in [-0.39, 0.29) is 11.3 Å². The molecule has 0 aromatic carbocycles. The largest absolute Gasteiger partial charge is 0.330 e. The Balaban J connectivity index is 2.40. The fraction of sp³-hybridized carbons (Fsp3) is 0.545. The van der Waals surface area contributed by atoms with Crippen molar-refractivity contribution in [2.75, 3.05) is 13.1 Å². The molecule has 6 heteroatoms. The Kier molecular flexibility index (Phi) is 3.11. The molecule has 0 spiro atoms. The van der Waals surface area contributed by atoms with Crippen LogP contribution in [0.1, 0.15) is 12.0 Å². The lowest BCUT2D eigenvalue weighted by Crippen LogP contribution is -2.40. The van der Waals surface area contributed by atoms with Crippen LogP contribution >= 0.6 is 0 Å². The van der Waals surface area contributed by atoms with Crippen LogP contribution in [0.5, 0.6) is 0 Å². The third kappa shape index (κ3) is 2.15. The molecule has 0 amide bonds. The number of hydrogen-bond acceptors (Lipinski definition) is 4. The van der Waals surface area contributed by atoms with Crippen LogP contribution in [0.4, 0.5) is 0 Å². The van der Waals surface area contributed by atoms with Crippen LogP contribution in [-0.4, -0.2) is 22.2 Å². The maximum atomic E-state index is 11.8. The van der Waals surface area contributed by atoms with Gasteiger partial charge in [-0.1, -0.05) is 0 Å². The monoisotopic (exact) mass is 234 g/mol. The molecule has 6 nitrogen and oxygen atoms in total. The number of aromatic nitrogens is 2. The summed E-state index contributed by atoms with van der Waals surface area (Å²) < 4.78 is 2.44. The van der Waals surface area contributed by atoms with Crippen LogP contribution in [-0.2, 0) is 13.6 Å². The second-order valence-electron chi connectivity index (χ2n) is 4.31. The lowest BCUT2D eigenvalue weighted by atomic mass is 10.1. The highest BCUT2D eigenvalue weighted by atomic mass is 16.2. The Labute approximate surface area is 98.1 Å². The van der Waals surface area contributed by atoms with Gasteiger partial charge >= 0.3 is 5.69 Å². The molecular formula is C11H14N4O2. The number of nitrogens with one attached hydrogen (secondary N) is 1.